The molecule has 1 aliphatic carbocycles. The van der Waals surface area contributed by atoms with Gasteiger partial charge < -0.3 is 19.5 Å². The predicted octanol–water partition coefficient (Wildman–Crippen LogP) is 4.56. The molecule has 0 unspecified atom stereocenters. The van der Waals surface area contributed by atoms with Gasteiger partial charge in [0.25, 0.3) is 0 Å². The first kappa shape index (κ1) is 22.6. The van der Waals surface area contributed by atoms with E-state index in [-0.39, 0.29) is 23.7 Å². The van der Waals surface area contributed by atoms with Crippen LogP contribution in [0.1, 0.15) is 25.3 Å². The predicted molar refractivity (Wildman–Crippen MR) is 128 cm³/mol. The molecule has 1 fully saturated rings. The highest BCUT2D eigenvalue weighted by molar-refractivity contribution is 5.90. The van der Waals surface area contributed by atoms with Crippen molar-refractivity contribution < 1.29 is 23.8 Å². The van der Waals surface area contributed by atoms with Crippen molar-refractivity contribution in [3.63, 3.8) is 0 Å². The Hall–Kier alpha value is -3.54. The molecule has 0 radical (unpaired) electrons. The van der Waals surface area contributed by atoms with E-state index in [2.05, 4.69) is 35.6 Å². The smallest absolute Gasteiger partial charge is 0.217 e. The highest BCUT2D eigenvalue weighted by Crippen LogP contribution is 2.41. The number of rotatable bonds is 8. The van der Waals surface area contributed by atoms with Crippen LogP contribution in [0.25, 0.3) is 21.9 Å². The normalized spacial score (nSPS) is 17.2. The van der Waals surface area contributed by atoms with E-state index in [9.17, 15) is 9.59 Å². The summed E-state index contributed by atoms with van der Waals surface area (Å²) < 4.78 is 16.4. The molecule has 0 aromatic heterocycles. The minimum Gasteiger partial charge on any atom is -0.493 e. The van der Waals surface area contributed by atoms with E-state index < -0.39 is 0 Å². The van der Waals surface area contributed by atoms with Crippen LogP contribution in [-0.2, 0) is 16.0 Å². The maximum Gasteiger partial charge on any atom is 0.217 e. The van der Waals surface area contributed by atoms with Gasteiger partial charge in [-0.25, -0.2) is 0 Å². The number of carbonyl (C=O) groups excluding carboxylic acids is 2. The summed E-state index contributed by atoms with van der Waals surface area (Å²) in [6, 6.07) is 16.4. The van der Waals surface area contributed by atoms with Crippen LogP contribution in [-0.4, -0.2) is 39.1 Å². The number of hydrogen-bond acceptors (Lipinski definition) is 5. The molecule has 0 bridgehead atoms. The summed E-state index contributed by atoms with van der Waals surface area (Å²) >= 11 is 0. The average Bonchev–Trinajstić information content (AvgIpc) is 2.79. The van der Waals surface area contributed by atoms with Gasteiger partial charge in [0.05, 0.1) is 21.3 Å². The Kier molecular flexibility index (Phi) is 6.54. The number of fused-ring (bicyclic) bond motifs is 1. The SMILES string of the molecule is COc1cc(-c2ccc3cc(CC(=O)C4CC(NC(C)=O)C4)ccc3c2)cc(OC)c1OC. The monoisotopic (exact) mass is 447 g/mol. The highest BCUT2D eigenvalue weighted by Gasteiger charge is 2.34. The van der Waals surface area contributed by atoms with Crippen molar-refractivity contribution in [3.05, 3.63) is 54.1 Å². The van der Waals surface area contributed by atoms with Gasteiger partial charge in [0.2, 0.25) is 11.7 Å². The quantitative estimate of drug-likeness (QED) is 0.548. The van der Waals surface area contributed by atoms with Gasteiger partial charge in [-0.05, 0) is 58.5 Å². The minimum atomic E-state index is -0.0358. The maximum atomic E-state index is 12.6. The standard InChI is InChI=1S/C27H29NO5/c1-16(29)28-23-12-22(13-23)24(30)10-17-5-6-19-11-20(8-7-18(19)9-17)21-14-25(31-2)27(33-4)26(15-21)32-3/h5-9,11,14-15,22-23H,10,12-13H2,1-4H3,(H,28,29). The minimum absolute atomic E-state index is 0.0358. The van der Waals surface area contributed by atoms with Gasteiger partial charge in [-0.2, -0.15) is 0 Å². The summed E-state index contributed by atoms with van der Waals surface area (Å²) in [6.45, 7) is 1.51. The number of ketones is 1. The highest BCUT2D eigenvalue weighted by atomic mass is 16.5. The van der Waals surface area contributed by atoms with Crippen molar-refractivity contribution >= 4 is 22.5 Å². The van der Waals surface area contributed by atoms with Crippen LogP contribution in [0, 0.1) is 5.92 Å². The molecule has 6 heteroatoms. The third-order valence-electron chi connectivity index (χ3n) is 6.28. The molecule has 1 aliphatic rings. The largest absolute Gasteiger partial charge is 0.493 e. The average molecular weight is 448 g/mol. The van der Waals surface area contributed by atoms with Crippen molar-refractivity contribution in [3.8, 4) is 28.4 Å². The van der Waals surface area contributed by atoms with E-state index in [0.717, 1.165) is 40.3 Å². The fraction of sp³-hybridized carbons (Fsp3) is 0.333. The molecule has 1 saturated carbocycles. The number of hydrogen-bond donors (Lipinski definition) is 1. The lowest BCUT2D eigenvalue weighted by molar-refractivity contribution is -0.128. The zero-order valence-electron chi connectivity index (χ0n) is 19.4. The number of ether oxygens (including phenoxy) is 3. The maximum absolute atomic E-state index is 12.6. The topological polar surface area (TPSA) is 73.9 Å². The lowest BCUT2D eigenvalue weighted by Crippen LogP contribution is -2.46. The van der Waals surface area contributed by atoms with Crippen LogP contribution >= 0.6 is 0 Å². The van der Waals surface area contributed by atoms with Crippen LogP contribution in [0.5, 0.6) is 17.2 Å². The Morgan fingerprint density at radius 1 is 0.848 bits per heavy atom. The molecule has 6 nitrogen and oxygen atoms in total. The number of carbonyl (C=O) groups is 2. The summed E-state index contributed by atoms with van der Waals surface area (Å²) in [6.07, 6.45) is 1.90. The van der Waals surface area contributed by atoms with Crippen molar-refractivity contribution in [2.24, 2.45) is 5.92 Å². The van der Waals surface area contributed by atoms with Gasteiger partial charge in [-0.15, -0.1) is 0 Å². The lowest BCUT2D eigenvalue weighted by Gasteiger charge is -2.34. The van der Waals surface area contributed by atoms with Crippen LogP contribution in [0.4, 0.5) is 0 Å². The molecule has 0 saturated heterocycles. The van der Waals surface area contributed by atoms with Crippen LogP contribution in [0.15, 0.2) is 48.5 Å². The Bertz CT molecular complexity index is 1170. The molecule has 1 amide bonds. The van der Waals surface area contributed by atoms with Crippen LogP contribution in [0.3, 0.4) is 0 Å². The Morgan fingerprint density at radius 3 is 2.09 bits per heavy atom. The third kappa shape index (κ3) is 4.80. The molecule has 172 valence electrons. The van der Waals surface area contributed by atoms with E-state index in [1.54, 1.807) is 21.3 Å². The molecule has 0 spiro atoms. The molecule has 0 heterocycles. The summed E-state index contributed by atoms with van der Waals surface area (Å²) in [7, 11) is 4.80. The van der Waals surface area contributed by atoms with Gasteiger partial charge in [0, 0.05) is 25.3 Å². The second kappa shape index (κ2) is 9.53. The van der Waals surface area contributed by atoms with E-state index in [0.29, 0.717) is 23.7 Å². The zero-order valence-corrected chi connectivity index (χ0v) is 19.4. The molecule has 1 N–H and O–H groups in total. The Labute approximate surface area is 193 Å². The second-order valence-corrected chi connectivity index (χ2v) is 8.52. The summed E-state index contributed by atoms with van der Waals surface area (Å²) in [5, 5.41) is 5.05. The number of amides is 1. The Morgan fingerprint density at radius 2 is 1.48 bits per heavy atom. The number of Topliss-reactive ketones (excluding diaryl/α,β-unsaturated/α-hetero) is 1. The fourth-order valence-electron chi connectivity index (χ4n) is 4.46. The van der Waals surface area contributed by atoms with E-state index >= 15 is 0 Å². The first-order valence-corrected chi connectivity index (χ1v) is 11.0. The summed E-state index contributed by atoms with van der Waals surface area (Å²) in [4.78, 5) is 23.8. The van der Waals surface area contributed by atoms with Crippen molar-refractivity contribution in [2.75, 3.05) is 21.3 Å². The van der Waals surface area contributed by atoms with Crippen molar-refractivity contribution in [1.82, 2.24) is 5.32 Å². The number of nitrogens with one attached hydrogen (secondary N) is 1. The first-order chi connectivity index (χ1) is 15.9. The zero-order chi connectivity index (χ0) is 23.5. The van der Waals surface area contributed by atoms with Crippen LogP contribution < -0.4 is 19.5 Å². The fourth-order valence-corrected chi connectivity index (χ4v) is 4.46. The second-order valence-electron chi connectivity index (χ2n) is 8.52. The van der Waals surface area contributed by atoms with E-state index in [1.165, 1.54) is 6.92 Å². The number of methoxy groups -OCH3 is 3. The van der Waals surface area contributed by atoms with Gasteiger partial charge in [-0.3, -0.25) is 9.59 Å². The molecule has 3 aromatic rings. The molecule has 0 aliphatic heterocycles. The first-order valence-electron chi connectivity index (χ1n) is 11.0. The van der Waals surface area contributed by atoms with E-state index in [4.69, 9.17) is 14.2 Å². The van der Waals surface area contributed by atoms with Crippen LogP contribution in [0.2, 0.25) is 0 Å². The number of benzene rings is 3. The van der Waals surface area contributed by atoms with Crippen molar-refractivity contribution in [2.45, 2.75) is 32.2 Å². The third-order valence-corrected chi connectivity index (χ3v) is 6.28. The van der Waals surface area contributed by atoms with Gasteiger partial charge in [0.15, 0.2) is 11.5 Å². The Balaban J connectivity index is 1.52. The van der Waals surface area contributed by atoms with Gasteiger partial charge >= 0.3 is 0 Å². The summed E-state index contributed by atoms with van der Waals surface area (Å²) in [5.74, 6) is 2.03. The molecule has 4 rings (SSSR count). The van der Waals surface area contributed by atoms with Crippen molar-refractivity contribution in [1.29, 1.82) is 0 Å². The van der Waals surface area contributed by atoms with E-state index in [1.807, 2.05) is 18.2 Å². The molecular formula is C27H29NO5. The van der Waals surface area contributed by atoms with Gasteiger partial charge in [0.1, 0.15) is 5.78 Å². The van der Waals surface area contributed by atoms with Gasteiger partial charge in [-0.1, -0.05) is 30.3 Å². The summed E-state index contributed by atoms with van der Waals surface area (Å²) in [5.41, 5.74) is 3.00. The molecular weight excluding hydrogens is 418 g/mol. The lowest BCUT2D eigenvalue weighted by atomic mass is 9.76. The molecule has 33 heavy (non-hydrogen) atoms. The molecule has 3 aromatic carbocycles. The molecule has 0 atom stereocenters.